The second-order valence-electron chi connectivity index (χ2n) is 5.91. The summed E-state index contributed by atoms with van der Waals surface area (Å²) in [4.78, 5) is 13.0. The highest BCUT2D eigenvalue weighted by molar-refractivity contribution is 7.14. The van der Waals surface area contributed by atoms with E-state index in [1.165, 1.54) is 24.2 Å². The normalized spacial score (nSPS) is 19.3. The van der Waals surface area contributed by atoms with E-state index >= 15 is 0 Å². The summed E-state index contributed by atoms with van der Waals surface area (Å²) in [5.74, 6) is 4.87. The molecule has 1 aliphatic carbocycles. The summed E-state index contributed by atoms with van der Waals surface area (Å²) in [6.45, 7) is 5.23. The molecule has 1 heterocycles. The fourth-order valence-electron chi connectivity index (χ4n) is 2.39. The predicted octanol–water partition coefficient (Wildman–Crippen LogP) is 2.84. The molecule has 1 aromatic heterocycles. The molecule has 0 atom stereocenters. The fraction of sp³-hybridized carbons (Fsp3) is 0.643. The molecule has 0 saturated heterocycles. The van der Waals surface area contributed by atoms with Gasteiger partial charge in [-0.15, -0.1) is 11.3 Å². The van der Waals surface area contributed by atoms with Gasteiger partial charge in [-0.25, -0.2) is 5.84 Å². The van der Waals surface area contributed by atoms with Gasteiger partial charge in [-0.3, -0.25) is 10.2 Å². The van der Waals surface area contributed by atoms with E-state index in [4.69, 9.17) is 10.6 Å². The number of carbonyl (C=O) groups is 1. The maximum atomic E-state index is 11.3. The average Bonchev–Trinajstić information content (AvgIpc) is 2.85. The number of nitrogens with two attached hydrogens (primary N) is 1. The van der Waals surface area contributed by atoms with E-state index in [9.17, 15) is 4.79 Å². The highest BCUT2D eigenvalue weighted by atomic mass is 32.1. The molecule has 2 rings (SSSR count). The van der Waals surface area contributed by atoms with Gasteiger partial charge >= 0.3 is 0 Å². The van der Waals surface area contributed by atoms with E-state index in [1.54, 1.807) is 6.07 Å². The number of ether oxygens (including phenoxy) is 1. The van der Waals surface area contributed by atoms with Crippen LogP contribution in [0.5, 0.6) is 0 Å². The van der Waals surface area contributed by atoms with Crippen LogP contribution in [0.25, 0.3) is 0 Å². The highest BCUT2D eigenvalue weighted by Crippen LogP contribution is 2.36. The van der Waals surface area contributed by atoms with Crippen molar-refractivity contribution < 1.29 is 9.53 Å². The number of thiophene rings is 1. The minimum Gasteiger partial charge on any atom is -0.373 e. The Morgan fingerprint density at radius 1 is 1.47 bits per heavy atom. The second kappa shape index (κ2) is 6.03. The van der Waals surface area contributed by atoms with Gasteiger partial charge in [0, 0.05) is 4.88 Å². The van der Waals surface area contributed by atoms with Crippen molar-refractivity contribution in [3.8, 4) is 0 Å². The van der Waals surface area contributed by atoms with Crippen LogP contribution in [-0.4, -0.2) is 12.0 Å². The van der Waals surface area contributed by atoms with Crippen molar-refractivity contribution in [3.05, 3.63) is 21.9 Å². The van der Waals surface area contributed by atoms with Crippen molar-refractivity contribution in [2.75, 3.05) is 0 Å². The van der Waals surface area contributed by atoms with Gasteiger partial charge in [0.05, 0.1) is 17.6 Å². The van der Waals surface area contributed by atoms with E-state index in [-0.39, 0.29) is 5.91 Å². The van der Waals surface area contributed by atoms with Crippen molar-refractivity contribution in [3.63, 3.8) is 0 Å². The third kappa shape index (κ3) is 4.03. The first kappa shape index (κ1) is 14.5. The molecule has 0 unspecified atom stereocenters. The zero-order chi connectivity index (χ0) is 13.9. The van der Waals surface area contributed by atoms with Crippen LogP contribution in [0.3, 0.4) is 0 Å². The van der Waals surface area contributed by atoms with E-state index in [0.717, 1.165) is 17.7 Å². The Balaban J connectivity index is 1.80. The van der Waals surface area contributed by atoms with Crippen LogP contribution in [-0.2, 0) is 11.3 Å². The molecule has 1 aliphatic rings. The van der Waals surface area contributed by atoms with Gasteiger partial charge in [0.25, 0.3) is 5.91 Å². The average molecular weight is 282 g/mol. The molecule has 1 amide bonds. The maximum Gasteiger partial charge on any atom is 0.275 e. The van der Waals surface area contributed by atoms with Gasteiger partial charge in [-0.1, -0.05) is 13.8 Å². The first-order valence-corrected chi connectivity index (χ1v) is 7.53. The second-order valence-corrected chi connectivity index (χ2v) is 7.08. The molecular formula is C14H22N2O2S. The molecule has 19 heavy (non-hydrogen) atoms. The van der Waals surface area contributed by atoms with Crippen molar-refractivity contribution in [2.24, 2.45) is 11.3 Å². The zero-order valence-corrected chi connectivity index (χ0v) is 12.4. The van der Waals surface area contributed by atoms with Crippen molar-refractivity contribution in [1.29, 1.82) is 0 Å². The monoisotopic (exact) mass is 282 g/mol. The van der Waals surface area contributed by atoms with Crippen LogP contribution in [0.4, 0.5) is 0 Å². The topological polar surface area (TPSA) is 64.3 Å². The molecular weight excluding hydrogens is 260 g/mol. The Morgan fingerprint density at radius 2 is 2.16 bits per heavy atom. The van der Waals surface area contributed by atoms with Gasteiger partial charge in [0.15, 0.2) is 0 Å². The minimum atomic E-state index is -0.240. The summed E-state index contributed by atoms with van der Waals surface area (Å²) < 4.78 is 5.94. The Bertz CT molecular complexity index is 432. The van der Waals surface area contributed by atoms with Gasteiger partial charge in [-0.2, -0.15) is 0 Å². The lowest BCUT2D eigenvalue weighted by Crippen LogP contribution is -2.29. The molecule has 0 radical (unpaired) electrons. The van der Waals surface area contributed by atoms with E-state index in [2.05, 4.69) is 19.3 Å². The van der Waals surface area contributed by atoms with Crippen LogP contribution in [0.15, 0.2) is 12.1 Å². The number of carbonyl (C=O) groups excluding carboxylic acids is 1. The first-order valence-electron chi connectivity index (χ1n) is 6.71. The zero-order valence-electron chi connectivity index (χ0n) is 11.6. The van der Waals surface area contributed by atoms with Crippen LogP contribution < -0.4 is 11.3 Å². The number of hydrogen-bond acceptors (Lipinski definition) is 4. The van der Waals surface area contributed by atoms with Crippen molar-refractivity contribution in [2.45, 2.75) is 52.2 Å². The molecule has 1 aromatic rings. The van der Waals surface area contributed by atoms with E-state index < -0.39 is 0 Å². The molecule has 3 N–H and O–H groups in total. The van der Waals surface area contributed by atoms with Crippen LogP contribution in [0, 0.1) is 5.41 Å². The molecule has 0 aromatic carbocycles. The molecule has 4 nitrogen and oxygen atoms in total. The van der Waals surface area contributed by atoms with E-state index in [1.807, 2.05) is 6.07 Å². The van der Waals surface area contributed by atoms with Crippen LogP contribution in [0.2, 0.25) is 0 Å². The van der Waals surface area contributed by atoms with Gasteiger partial charge in [-0.05, 0) is 43.2 Å². The Labute approximate surface area is 118 Å². The van der Waals surface area contributed by atoms with Crippen LogP contribution >= 0.6 is 11.3 Å². The van der Waals surface area contributed by atoms with Gasteiger partial charge in [0.2, 0.25) is 0 Å². The number of rotatable bonds is 4. The molecule has 106 valence electrons. The van der Waals surface area contributed by atoms with Crippen molar-refractivity contribution in [1.82, 2.24) is 5.43 Å². The lowest BCUT2D eigenvalue weighted by Gasteiger charge is -2.34. The van der Waals surface area contributed by atoms with E-state index in [0.29, 0.717) is 23.0 Å². The van der Waals surface area contributed by atoms with Gasteiger partial charge < -0.3 is 4.74 Å². The number of nitrogens with one attached hydrogen (secondary N) is 1. The lowest BCUT2D eigenvalue weighted by molar-refractivity contribution is -0.00448. The molecule has 0 aliphatic heterocycles. The van der Waals surface area contributed by atoms with Crippen molar-refractivity contribution >= 4 is 17.2 Å². The maximum absolute atomic E-state index is 11.3. The molecule has 1 saturated carbocycles. The SMILES string of the molecule is CC1(C)CCC(OCc2ccc(C(=O)NN)s2)CC1. The third-order valence-corrected chi connectivity index (χ3v) is 4.82. The standard InChI is InChI=1S/C14H22N2O2S/c1-14(2)7-5-10(6-8-14)18-9-11-3-4-12(19-11)13(17)16-15/h3-4,10H,5-9,15H2,1-2H3,(H,16,17). The summed E-state index contributed by atoms with van der Waals surface area (Å²) in [6.07, 6.45) is 5.08. The summed E-state index contributed by atoms with van der Waals surface area (Å²) in [5, 5.41) is 0. The number of nitrogen functional groups attached to an aromatic ring is 1. The third-order valence-electron chi connectivity index (χ3n) is 3.76. The quantitative estimate of drug-likeness (QED) is 0.507. The Kier molecular flexibility index (Phi) is 4.60. The Hall–Kier alpha value is -0.910. The molecule has 5 heteroatoms. The largest absolute Gasteiger partial charge is 0.373 e. The smallest absolute Gasteiger partial charge is 0.275 e. The summed E-state index contributed by atoms with van der Waals surface area (Å²) in [7, 11) is 0. The van der Waals surface area contributed by atoms with Crippen LogP contribution in [0.1, 0.15) is 54.1 Å². The molecule has 1 fully saturated rings. The summed E-state index contributed by atoms with van der Waals surface area (Å²) in [5.41, 5.74) is 2.61. The number of hydrazine groups is 1. The number of hydrogen-bond donors (Lipinski definition) is 2. The minimum absolute atomic E-state index is 0.240. The Morgan fingerprint density at radius 3 is 2.79 bits per heavy atom. The summed E-state index contributed by atoms with van der Waals surface area (Å²) >= 11 is 1.44. The summed E-state index contributed by atoms with van der Waals surface area (Å²) in [6, 6.07) is 3.72. The molecule has 0 bridgehead atoms. The fourth-order valence-corrected chi connectivity index (χ4v) is 3.22. The highest BCUT2D eigenvalue weighted by Gasteiger charge is 2.27. The molecule has 0 spiro atoms. The number of amides is 1. The lowest BCUT2D eigenvalue weighted by atomic mass is 9.76. The predicted molar refractivity (Wildman–Crippen MR) is 76.8 cm³/mol. The van der Waals surface area contributed by atoms with Gasteiger partial charge in [0.1, 0.15) is 0 Å². The first-order chi connectivity index (χ1) is 9.00.